The van der Waals surface area contributed by atoms with Crippen LogP contribution in [-0.4, -0.2) is 37.7 Å². The highest BCUT2D eigenvalue weighted by Crippen LogP contribution is 2.28. The van der Waals surface area contributed by atoms with Crippen molar-refractivity contribution in [3.63, 3.8) is 0 Å². The maximum atomic E-state index is 5.12. The van der Waals surface area contributed by atoms with Gasteiger partial charge in [0.25, 0.3) is 0 Å². The largest absolute Gasteiger partial charge is 0.383 e. The zero-order valence-corrected chi connectivity index (χ0v) is 9.25. The molecule has 2 atom stereocenters. The lowest BCUT2D eigenvalue weighted by atomic mass is 10.1. The fourth-order valence-electron chi connectivity index (χ4n) is 2.32. The molecule has 1 unspecified atom stereocenters. The molecule has 0 heterocycles. The first kappa shape index (κ1) is 11.0. The number of likely N-dealkylation sites (N-methyl/N-ethyl adjacent to an activating group) is 1. The third kappa shape index (κ3) is 3.28. The van der Waals surface area contributed by atoms with Gasteiger partial charge in [-0.25, -0.2) is 0 Å². The molecule has 1 aliphatic carbocycles. The van der Waals surface area contributed by atoms with Gasteiger partial charge in [-0.2, -0.15) is 0 Å². The van der Waals surface area contributed by atoms with Gasteiger partial charge in [0.1, 0.15) is 0 Å². The summed E-state index contributed by atoms with van der Waals surface area (Å²) in [5.74, 6) is 0.932. The lowest BCUT2D eigenvalue weighted by Crippen LogP contribution is -2.35. The minimum Gasteiger partial charge on any atom is -0.383 e. The minimum absolute atomic E-state index is 0.829. The SMILES string of the molecule is CCN(CCOC)C1CC[C@@H](C)C1. The van der Waals surface area contributed by atoms with Gasteiger partial charge < -0.3 is 4.74 Å². The number of hydrogen-bond acceptors (Lipinski definition) is 2. The van der Waals surface area contributed by atoms with Gasteiger partial charge in [0, 0.05) is 19.7 Å². The van der Waals surface area contributed by atoms with Crippen LogP contribution < -0.4 is 0 Å². The molecule has 0 aromatic carbocycles. The fourth-order valence-corrected chi connectivity index (χ4v) is 2.32. The molecule has 0 saturated heterocycles. The molecule has 0 amide bonds. The summed E-state index contributed by atoms with van der Waals surface area (Å²) >= 11 is 0. The molecule has 0 N–H and O–H groups in total. The average Bonchev–Trinajstić information content (AvgIpc) is 2.54. The lowest BCUT2D eigenvalue weighted by molar-refractivity contribution is 0.124. The van der Waals surface area contributed by atoms with Crippen molar-refractivity contribution in [1.82, 2.24) is 4.90 Å². The van der Waals surface area contributed by atoms with Gasteiger partial charge in [-0.3, -0.25) is 4.90 Å². The van der Waals surface area contributed by atoms with Gasteiger partial charge in [-0.15, -0.1) is 0 Å². The summed E-state index contributed by atoms with van der Waals surface area (Å²) in [7, 11) is 1.78. The summed E-state index contributed by atoms with van der Waals surface area (Å²) in [5, 5.41) is 0. The average molecular weight is 185 g/mol. The molecule has 0 spiro atoms. The van der Waals surface area contributed by atoms with Crippen molar-refractivity contribution < 1.29 is 4.74 Å². The number of rotatable bonds is 5. The van der Waals surface area contributed by atoms with Crippen molar-refractivity contribution in [2.75, 3.05) is 26.8 Å². The third-order valence-corrected chi connectivity index (χ3v) is 3.17. The standard InChI is InChI=1S/C11H23NO/c1-4-12(7-8-13-3)11-6-5-10(2)9-11/h10-11H,4-9H2,1-3H3/t10-,11?/m1/s1. The molecule has 1 aliphatic rings. The van der Waals surface area contributed by atoms with Gasteiger partial charge in [-0.1, -0.05) is 13.8 Å². The van der Waals surface area contributed by atoms with E-state index in [0.29, 0.717) is 0 Å². The summed E-state index contributed by atoms with van der Waals surface area (Å²) in [6, 6.07) is 0.829. The van der Waals surface area contributed by atoms with Gasteiger partial charge in [0.15, 0.2) is 0 Å². The molecular formula is C11H23NO. The van der Waals surface area contributed by atoms with E-state index in [0.717, 1.165) is 25.1 Å². The molecule has 0 aliphatic heterocycles. The van der Waals surface area contributed by atoms with Gasteiger partial charge in [0.05, 0.1) is 6.61 Å². The summed E-state index contributed by atoms with van der Waals surface area (Å²) < 4.78 is 5.12. The van der Waals surface area contributed by atoms with E-state index in [1.807, 2.05) is 0 Å². The van der Waals surface area contributed by atoms with Gasteiger partial charge in [-0.05, 0) is 31.7 Å². The molecule has 0 aromatic heterocycles. The van der Waals surface area contributed by atoms with Gasteiger partial charge >= 0.3 is 0 Å². The van der Waals surface area contributed by atoms with Crippen molar-refractivity contribution in [2.45, 2.75) is 39.2 Å². The number of methoxy groups -OCH3 is 1. The van der Waals surface area contributed by atoms with Crippen molar-refractivity contribution in [2.24, 2.45) is 5.92 Å². The van der Waals surface area contributed by atoms with Crippen LogP contribution in [0.15, 0.2) is 0 Å². The number of hydrogen-bond donors (Lipinski definition) is 0. The van der Waals surface area contributed by atoms with Gasteiger partial charge in [0.2, 0.25) is 0 Å². The molecule has 2 nitrogen and oxygen atoms in total. The molecule has 78 valence electrons. The van der Waals surface area contributed by atoms with Crippen LogP contribution in [0.1, 0.15) is 33.1 Å². The highest BCUT2D eigenvalue weighted by molar-refractivity contribution is 4.80. The Balaban J connectivity index is 2.29. The molecule has 2 heteroatoms. The quantitative estimate of drug-likeness (QED) is 0.650. The van der Waals surface area contributed by atoms with E-state index in [4.69, 9.17) is 4.74 Å². The lowest BCUT2D eigenvalue weighted by Gasteiger charge is -2.27. The van der Waals surface area contributed by atoms with E-state index in [-0.39, 0.29) is 0 Å². The normalized spacial score (nSPS) is 28.6. The summed E-state index contributed by atoms with van der Waals surface area (Å²) in [4.78, 5) is 2.56. The molecule has 1 saturated carbocycles. The summed E-state index contributed by atoms with van der Waals surface area (Å²) in [6.45, 7) is 7.76. The topological polar surface area (TPSA) is 12.5 Å². The fraction of sp³-hybridized carbons (Fsp3) is 1.00. The van der Waals surface area contributed by atoms with Crippen LogP contribution >= 0.6 is 0 Å². The Morgan fingerprint density at radius 1 is 1.38 bits per heavy atom. The zero-order valence-electron chi connectivity index (χ0n) is 9.25. The highest BCUT2D eigenvalue weighted by atomic mass is 16.5. The predicted octanol–water partition coefficient (Wildman–Crippen LogP) is 2.14. The number of nitrogens with zero attached hydrogens (tertiary/aromatic N) is 1. The van der Waals surface area contributed by atoms with Crippen LogP contribution in [0.5, 0.6) is 0 Å². The van der Waals surface area contributed by atoms with Crippen LogP contribution in [0.2, 0.25) is 0 Å². The van der Waals surface area contributed by atoms with Crippen LogP contribution in [0, 0.1) is 5.92 Å². The van der Waals surface area contributed by atoms with Crippen molar-refractivity contribution in [1.29, 1.82) is 0 Å². The van der Waals surface area contributed by atoms with E-state index in [1.54, 1.807) is 7.11 Å². The Morgan fingerprint density at radius 2 is 2.15 bits per heavy atom. The zero-order chi connectivity index (χ0) is 9.68. The monoisotopic (exact) mass is 185 g/mol. The number of ether oxygens (including phenoxy) is 1. The van der Waals surface area contributed by atoms with E-state index in [2.05, 4.69) is 18.7 Å². The molecule has 1 fully saturated rings. The Labute approximate surface area is 82.3 Å². The smallest absolute Gasteiger partial charge is 0.0589 e. The Morgan fingerprint density at radius 3 is 2.62 bits per heavy atom. The molecule has 13 heavy (non-hydrogen) atoms. The predicted molar refractivity (Wildman–Crippen MR) is 55.9 cm³/mol. The Kier molecular flexibility index (Phi) is 4.74. The van der Waals surface area contributed by atoms with Crippen molar-refractivity contribution in [3.05, 3.63) is 0 Å². The van der Waals surface area contributed by atoms with E-state index < -0.39 is 0 Å². The second-order valence-corrected chi connectivity index (χ2v) is 4.19. The van der Waals surface area contributed by atoms with E-state index >= 15 is 0 Å². The molecule has 0 aromatic rings. The van der Waals surface area contributed by atoms with E-state index in [1.165, 1.54) is 25.8 Å². The maximum Gasteiger partial charge on any atom is 0.0589 e. The Bertz CT molecular complexity index is 138. The van der Waals surface area contributed by atoms with E-state index in [9.17, 15) is 0 Å². The maximum absolute atomic E-state index is 5.12. The van der Waals surface area contributed by atoms with Crippen molar-refractivity contribution in [3.8, 4) is 0 Å². The second-order valence-electron chi connectivity index (χ2n) is 4.19. The first-order valence-electron chi connectivity index (χ1n) is 5.51. The molecular weight excluding hydrogens is 162 g/mol. The molecule has 0 radical (unpaired) electrons. The van der Waals surface area contributed by atoms with Crippen LogP contribution in [0.3, 0.4) is 0 Å². The molecule has 1 rings (SSSR count). The first-order chi connectivity index (χ1) is 6.27. The second kappa shape index (κ2) is 5.61. The summed E-state index contributed by atoms with van der Waals surface area (Å²) in [5.41, 5.74) is 0. The minimum atomic E-state index is 0.829. The first-order valence-corrected chi connectivity index (χ1v) is 5.51. The van der Waals surface area contributed by atoms with Crippen LogP contribution in [0.4, 0.5) is 0 Å². The van der Waals surface area contributed by atoms with Crippen molar-refractivity contribution >= 4 is 0 Å². The van der Waals surface area contributed by atoms with Crippen LogP contribution in [-0.2, 0) is 4.74 Å². The van der Waals surface area contributed by atoms with Crippen LogP contribution in [0.25, 0.3) is 0 Å². The molecule has 0 bridgehead atoms. The Hall–Kier alpha value is -0.0800. The third-order valence-electron chi connectivity index (χ3n) is 3.17. The summed E-state index contributed by atoms with van der Waals surface area (Å²) in [6.07, 6.45) is 4.18. The highest BCUT2D eigenvalue weighted by Gasteiger charge is 2.25.